The van der Waals surface area contributed by atoms with E-state index >= 15 is 0 Å². The Morgan fingerprint density at radius 1 is 1.25 bits per heavy atom. The minimum Gasteiger partial charge on any atom is -0.461 e. The van der Waals surface area contributed by atoms with Gasteiger partial charge in [-0.2, -0.15) is 0 Å². The number of amides is 2. The van der Waals surface area contributed by atoms with Crippen LogP contribution in [0.2, 0.25) is 5.02 Å². The van der Waals surface area contributed by atoms with Gasteiger partial charge in [-0.25, -0.2) is 4.79 Å². The highest BCUT2D eigenvalue weighted by molar-refractivity contribution is 6.31. The molecule has 3 aliphatic heterocycles. The molecule has 3 aliphatic rings. The van der Waals surface area contributed by atoms with Crippen molar-refractivity contribution >= 4 is 29.3 Å². The quantitative estimate of drug-likeness (QED) is 0.779. The van der Waals surface area contributed by atoms with Crippen LogP contribution in [0, 0.1) is 12.3 Å². The van der Waals surface area contributed by atoms with E-state index in [9.17, 15) is 9.59 Å². The number of urea groups is 1. The van der Waals surface area contributed by atoms with Crippen LogP contribution in [0.25, 0.3) is 0 Å². The van der Waals surface area contributed by atoms with Crippen LogP contribution in [-0.4, -0.2) is 60.6 Å². The number of nitrogens with zero attached hydrogens (tertiary/aromatic N) is 2. The van der Waals surface area contributed by atoms with Gasteiger partial charge in [-0.15, -0.1) is 0 Å². The lowest BCUT2D eigenvalue weighted by Gasteiger charge is -2.36. The summed E-state index contributed by atoms with van der Waals surface area (Å²) in [5, 5.41) is 3.54. The van der Waals surface area contributed by atoms with Gasteiger partial charge in [0, 0.05) is 36.8 Å². The van der Waals surface area contributed by atoms with Crippen molar-refractivity contribution in [2.24, 2.45) is 5.41 Å². The minimum atomic E-state index is -0.408. The fraction of sp³-hybridized carbons (Fsp3) is 0.619. The normalized spacial score (nSPS) is 24.6. The molecule has 1 atom stereocenters. The summed E-state index contributed by atoms with van der Waals surface area (Å²) >= 11 is 6.14. The number of likely N-dealkylation sites (tertiary alicyclic amines) is 2. The molecular weight excluding hydrogens is 378 g/mol. The Morgan fingerprint density at radius 3 is 2.64 bits per heavy atom. The number of carbonyl (C=O) groups is 2. The van der Waals surface area contributed by atoms with E-state index < -0.39 is 5.41 Å². The first kappa shape index (κ1) is 19.5. The van der Waals surface area contributed by atoms with Gasteiger partial charge in [0.2, 0.25) is 0 Å². The molecule has 3 fully saturated rings. The maximum atomic E-state index is 12.6. The van der Waals surface area contributed by atoms with Crippen molar-refractivity contribution in [1.29, 1.82) is 0 Å². The summed E-state index contributed by atoms with van der Waals surface area (Å²) in [6.45, 7) is 6.13. The summed E-state index contributed by atoms with van der Waals surface area (Å²) in [5.74, 6) is -0.0675. The molecule has 2 amide bonds. The van der Waals surface area contributed by atoms with Crippen molar-refractivity contribution in [2.45, 2.75) is 45.1 Å². The minimum absolute atomic E-state index is 0.000627. The van der Waals surface area contributed by atoms with Crippen molar-refractivity contribution in [3.8, 4) is 0 Å². The molecule has 1 N–H and O–H groups in total. The Morgan fingerprint density at radius 2 is 1.96 bits per heavy atom. The highest BCUT2D eigenvalue weighted by Crippen LogP contribution is 2.43. The van der Waals surface area contributed by atoms with Gasteiger partial charge in [-0.05, 0) is 63.4 Å². The molecule has 0 bridgehead atoms. The molecule has 152 valence electrons. The number of aryl methyl sites for hydroxylation is 1. The highest BCUT2D eigenvalue weighted by Gasteiger charge is 2.51. The van der Waals surface area contributed by atoms with E-state index in [1.807, 2.05) is 19.1 Å². The predicted octanol–water partition coefficient (Wildman–Crippen LogP) is 3.67. The molecule has 1 aromatic carbocycles. The average molecular weight is 406 g/mol. The molecule has 1 unspecified atom stereocenters. The number of carbonyl (C=O) groups excluding carboxylic acids is 2. The van der Waals surface area contributed by atoms with E-state index in [-0.39, 0.29) is 18.1 Å². The Kier molecular flexibility index (Phi) is 5.52. The third-order valence-corrected chi connectivity index (χ3v) is 6.82. The van der Waals surface area contributed by atoms with Crippen LogP contribution in [0.4, 0.5) is 10.5 Å². The van der Waals surface area contributed by atoms with Crippen LogP contribution in [0.15, 0.2) is 18.2 Å². The second-order valence-corrected chi connectivity index (χ2v) is 8.81. The van der Waals surface area contributed by atoms with Gasteiger partial charge < -0.3 is 15.0 Å². The summed E-state index contributed by atoms with van der Waals surface area (Å²) in [4.78, 5) is 29.4. The predicted molar refractivity (Wildman–Crippen MR) is 109 cm³/mol. The second-order valence-electron chi connectivity index (χ2n) is 8.40. The van der Waals surface area contributed by atoms with E-state index in [1.54, 1.807) is 11.0 Å². The number of anilines is 1. The van der Waals surface area contributed by atoms with Crippen molar-refractivity contribution in [2.75, 3.05) is 38.0 Å². The number of nitrogens with one attached hydrogen (secondary N) is 1. The van der Waals surface area contributed by atoms with Gasteiger partial charge in [-0.1, -0.05) is 17.7 Å². The van der Waals surface area contributed by atoms with Crippen LogP contribution in [0.3, 0.4) is 0 Å². The van der Waals surface area contributed by atoms with Gasteiger partial charge >= 0.3 is 12.0 Å². The summed E-state index contributed by atoms with van der Waals surface area (Å²) in [6.07, 6.45) is 4.60. The molecule has 28 heavy (non-hydrogen) atoms. The zero-order valence-corrected chi connectivity index (χ0v) is 17.1. The summed E-state index contributed by atoms with van der Waals surface area (Å²) in [7, 11) is 0. The molecule has 3 saturated heterocycles. The van der Waals surface area contributed by atoms with Crippen molar-refractivity contribution in [1.82, 2.24) is 9.80 Å². The van der Waals surface area contributed by atoms with E-state index in [0.29, 0.717) is 36.6 Å². The van der Waals surface area contributed by atoms with Crippen molar-refractivity contribution in [3.05, 3.63) is 28.8 Å². The molecule has 3 heterocycles. The number of hydrogen-bond acceptors (Lipinski definition) is 4. The lowest BCUT2D eigenvalue weighted by Crippen LogP contribution is -2.46. The zero-order valence-electron chi connectivity index (χ0n) is 16.4. The van der Waals surface area contributed by atoms with Crippen LogP contribution in [0.1, 0.15) is 37.7 Å². The molecule has 6 nitrogen and oxygen atoms in total. The fourth-order valence-electron chi connectivity index (χ4n) is 4.61. The van der Waals surface area contributed by atoms with E-state index in [0.717, 1.165) is 31.6 Å². The Balaban J connectivity index is 1.31. The Bertz CT molecular complexity index is 755. The molecule has 0 aliphatic carbocycles. The largest absolute Gasteiger partial charge is 0.461 e. The van der Waals surface area contributed by atoms with Crippen molar-refractivity contribution in [3.63, 3.8) is 0 Å². The molecule has 1 spiro atoms. The van der Waals surface area contributed by atoms with Gasteiger partial charge in [-0.3, -0.25) is 9.69 Å². The number of hydrogen-bond donors (Lipinski definition) is 1. The number of rotatable bonds is 3. The smallest absolute Gasteiger partial charge is 0.321 e. The first-order chi connectivity index (χ1) is 13.4. The first-order valence-corrected chi connectivity index (χ1v) is 10.6. The van der Waals surface area contributed by atoms with Crippen LogP contribution < -0.4 is 5.32 Å². The molecule has 0 radical (unpaired) electrons. The molecule has 7 heteroatoms. The van der Waals surface area contributed by atoms with E-state index in [1.165, 1.54) is 12.8 Å². The van der Waals surface area contributed by atoms with Gasteiger partial charge in [0.1, 0.15) is 6.10 Å². The number of ether oxygens (including phenoxy) is 1. The molecule has 0 saturated carbocycles. The van der Waals surface area contributed by atoms with Crippen molar-refractivity contribution < 1.29 is 14.3 Å². The van der Waals surface area contributed by atoms with Crippen LogP contribution in [-0.2, 0) is 9.53 Å². The lowest BCUT2D eigenvalue weighted by molar-refractivity contribution is -0.150. The number of halogens is 1. The van der Waals surface area contributed by atoms with Crippen LogP contribution >= 0.6 is 11.6 Å². The first-order valence-electron chi connectivity index (χ1n) is 10.2. The summed E-state index contributed by atoms with van der Waals surface area (Å²) < 4.78 is 5.72. The number of benzene rings is 1. The van der Waals surface area contributed by atoms with Gasteiger partial charge in [0.15, 0.2) is 0 Å². The Hall–Kier alpha value is -1.79. The van der Waals surface area contributed by atoms with E-state index in [4.69, 9.17) is 16.3 Å². The third kappa shape index (κ3) is 3.98. The monoisotopic (exact) mass is 405 g/mol. The lowest BCUT2D eigenvalue weighted by atomic mass is 9.76. The average Bonchev–Trinajstić information content (AvgIpc) is 3.27. The number of esters is 1. The summed E-state index contributed by atoms with van der Waals surface area (Å²) in [5.41, 5.74) is 1.25. The SMILES string of the molecule is Cc1ccc(NC(=O)N2CCC3(CC2)CC(CN2CCCC2)OC3=O)cc1Cl. The standard InChI is InChI=1S/C21H28ClN3O3/c1-15-4-5-16(12-18(15)22)23-20(27)25-10-6-21(7-11-25)13-17(28-19(21)26)14-24-8-2-3-9-24/h4-5,12,17H,2-3,6-11,13-14H2,1H3,(H,23,27). The second kappa shape index (κ2) is 7.91. The van der Waals surface area contributed by atoms with Gasteiger partial charge in [0.25, 0.3) is 0 Å². The maximum absolute atomic E-state index is 12.6. The Labute approximate surface area is 171 Å². The maximum Gasteiger partial charge on any atom is 0.321 e. The fourth-order valence-corrected chi connectivity index (χ4v) is 4.79. The topological polar surface area (TPSA) is 61.9 Å². The molecular formula is C21H28ClN3O3. The molecule has 4 rings (SSSR count). The number of cyclic esters (lactones) is 1. The van der Waals surface area contributed by atoms with Gasteiger partial charge in [0.05, 0.1) is 5.41 Å². The molecule has 0 aromatic heterocycles. The third-order valence-electron chi connectivity index (χ3n) is 6.42. The van der Waals surface area contributed by atoms with E-state index in [2.05, 4.69) is 10.2 Å². The van der Waals surface area contributed by atoms with Crippen LogP contribution in [0.5, 0.6) is 0 Å². The number of piperidine rings is 1. The summed E-state index contributed by atoms with van der Waals surface area (Å²) in [6, 6.07) is 5.35. The highest BCUT2D eigenvalue weighted by atomic mass is 35.5. The molecule has 1 aromatic rings. The zero-order chi connectivity index (χ0) is 19.7.